The summed E-state index contributed by atoms with van der Waals surface area (Å²) in [5, 5.41) is 4.11. The van der Waals surface area contributed by atoms with Gasteiger partial charge in [0.1, 0.15) is 12.7 Å². The predicted molar refractivity (Wildman–Crippen MR) is 85.3 cm³/mol. The molecule has 0 N–H and O–H groups in total. The van der Waals surface area contributed by atoms with Gasteiger partial charge in [-0.15, -0.1) is 11.3 Å². The largest absolute Gasteiger partial charge is 0.253 e. The third-order valence-electron chi connectivity index (χ3n) is 4.01. The molecule has 1 fully saturated rings. The summed E-state index contributed by atoms with van der Waals surface area (Å²) in [4.78, 5) is 6.31. The number of thiophene rings is 1. The fourth-order valence-electron chi connectivity index (χ4n) is 2.99. The summed E-state index contributed by atoms with van der Waals surface area (Å²) in [5.74, 6) is 0.283. The Bertz CT molecular complexity index is 737. The number of sulfonamides is 1. The fraction of sp³-hybridized carbons (Fsp3) is 0.571. The van der Waals surface area contributed by atoms with Gasteiger partial charge in [-0.2, -0.15) is 9.40 Å². The topological polar surface area (TPSA) is 68.1 Å². The lowest BCUT2D eigenvalue weighted by Crippen LogP contribution is -2.41. The molecule has 3 heterocycles. The molecule has 6 nitrogen and oxygen atoms in total. The van der Waals surface area contributed by atoms with Crippen LogP contribution < -0.4 is 0 Å². The molecule has 0 saturated carbocycles. The highest BCUT2D eigenvalue weighted by molar-refractivity contribution is 7.89. The maximum Gasteiger partial charge on any atom is 0.244 e. The SMILES string of the molecule is Cc1cc(S(=O)(=O)N2CCCC(Cn3cncn3)C2)c(C)s1. The number of aryl methyl sites for hydroxylation is 2. The van der Waals surface area contributed by atoms with Crippen LogP contribution in [0.3, 0.4) is 0 Å². The van der Waals surface area contributed by atoms with E-state index in [2.05, 4.69) is 10.1 Å². The second-order valence-electron chi connectivity index (χ2n) is 5.77. The number of rotatable bonds is 4. The zero-order valence-corrected chi connectivity index (χ0v) is 14.4. The van der Waals surface area contributed by atoms with Crippen LogP contribution in [0, 0.1) is 19.8 Å². The maximum atomic E-state index is 12.9. The van der Waals surface area contributed by atoms with Gasteiger partial charge in [0.2, 0.25) is 10.0 Å². The van der Waals surface area contributed by atoms with E-state index < -0.39 is 10.0 Å². The monoisotopic (exact) mass is 340 g/mol. The lowest BCUT2D eigenvalue weighted by Gasteiger charge is -2.31. The van der Waals surface area contributed by atoms with Gasteiger partial charge in [-0.3, -0.25) is 4.68 Å². The number of hydrogen-bond donors (Lipinski definition) is 0. The second kappa shape index (κ2) is 6.10. The van der Waals surface area contributed by atoms with Crippen LogP contribution in [-0.4, -0.2) is 40.6 Å². The third kappa shape index (κ3) is 3.09. The Hall–Kier alpha value is -1.25. The van der Waals surface area contributed by atoms with E-state index in [1.807, 2.05) is 13.8 Å². The first-order chi connectivity index (χ1) is 10.5. The van der Waals surface area contributed by atoms with Gasteiger partial charge >= 0.3 is 0 Å². The van der Waals surface area contributed by atoms with Gasteiger partial charge in [-0.05, 0) is 38.7 Å². The minimum absolute atomic E-state index is 0.283. The maximum absolute atomic E-state index is 12.9. The quantitative estimate of drug-likeness (QED) is 0.854. The molecule has 22 heavy (non-hydrogen) atoms. The summed E-state index contributed by atoms with van der Waals surface area (Å²) >= 11 is 1.54. The van der Waals surface area contributed by atoms with Crippen LogP contribution in [0.5, 0.6) is 0 Å². The minimum atomic E-state index is -3.39. The van der Waals surface area contributed by atoms with Crippen molar-refractivity contribution in [1.82, 2.24) is 19.1 Å². The molecule has 0 spiro atoms. The number of aromatic nitrogens is 3. The Morgan fingerprint density at radius 2 is 2.23 bits per heavy atom. The van der Waals surface area contributed by atoms with Crippen molar-refractivity contribution in [3.05, 3.63) is 28.5 Å². The molecule has 3 rings (SSSR count). The molecule has 1 aliphatic rings. The molecule has 0 aromatic carbocycles. The van der Waals surface area contributed by atoms with E-state index in [0.717, 1.165) is 22.6 Å². The van der Waals surface area contributed by atoms with Crippen LogP contribution in [0.25, 0.3) is 0 Å². The van der Waals surface area contributed by atoms with Crippen LogP contribution in [0.15, 0.2) is 23.6 Å². The van der Waals surface area contributed by atoms with E-state index >= 15 is 0 Å². The lowest BCUT2D eigenvalue weighted by molar-refractivity contribution is 0.239. The van der Waals surface area contributed by atoms with E-state index in [1.54, 1.807) is 21.4 Å². The second-order valence-corrected chi connectivity index (χ2v) is 9.13. The molecule has 0 amide bonds. The highest BCUT2D eigenvalue weighted by Gasteiger charge is 2.32. The van der Waals surface area contributed by atoms with Crippen molar-refractivity contribution in [3.63, 3.8) is 0 Å². The molecule has 0 bridgehead atoms. The molecule has 1 saturated heterocycles. The van der Waals surface area contributed by atoms with E-state index in [0.29, 0.717) is 24.5 Å². The van der Waals surface area contributed by atoms with Crippen LogP contribution in [0.4, 0.5) is 0 Å². The zero-order valence-electron chi connectivity index (χ0n) is 12.8. The lowest BCUT2D eigenvalue weighted by atomic mass is 10.00. The van der Waals surface area contributed by atoms with Crippen molar-refractivity contribution in [3.8, 4) is 0 Å². The first-order valence-corrected chi connectivity index (χ1v) is 9.62. The van der Waals surface area contributed by atoms with Crippen LogP contribution in [0.1, 0.15) is 22.6 Å². The highest BCUT2D eigenvalue weighted by Crippen LogP contribution is 2.30. The molecule has 120 valence electrons. The molecule has 8 heteroatoms. The van der Waals surface area contributed by atoms with Crippen LogP contribution in [-0.2, 0) is 16.6 Å². The van der Waals surface area contributed by atoms with Gasteiger partial charge in [0.25, 0.3) is 0 Å². The number of nitrogens with zero attached hydrogens (tertiary/aromatic N) is 4. The zero-order chi connectivity index (χ0) is 15.7. The molecule has 0 aliphatic carbocycles. The molecule has 1 aliphatic heterocycles. The Balaban J connectivity index is 1.77. The third-order valence-corrected chi connectivity index (χ3v) is 7.09. The van der Waals surface area contributed by atoms with Crippen molar-refractivity contribution in [1.29, 1.82) is 0 Å². The summed E-state index contributed by atoms with van der Waals surface area (Å²) in [5.41, 5.74) is 0. The smallest absolute Gasteiger partial charge is 0.244 e. The van der Waals surface area contributed by atoms with Gasteiger partial charge in [0, 0.05) is 29.4 Å². The molecule has 0 radical (unpaired) electrons. The standard InChI is InChI=1S/C14H20N4O2S2/c1-11-6-14(12(2)21-11)22(19,20)18-5-3-4-13(8-18)7-17-10-15-9-16-17/h6,9-10,13H,3-5,7-8H2,1-2H3. The molecule has 1 atom stereocenters. The molecule has 1 unspecified atom stereocenters. The average Bonchev–Trinajstić information content (AvgIpc) is 3.09. The average molecular weight is 340 g/mol. The van der Waals surface area contributed by atoms with Gasteiger partial charge in [-0.25, -0.2) is 13.4 Å². The molecule has 2 aromatic heterocycles. The first kappa shape index (κ1) is 15.6. The summed E-state index contributed by atoms with van der Waals surface area (Å²) in [6.45, 7) is 5.69. The predicted octanol–water partition coefficient (Wildman–Crippen LogP) is 2.06. The van der Waals surface area contributed by atoms with Gasteiger partial charge in [0.05, 0.1) is 4.90 Å². The molecule has 2 aromatic rings. The molecular formula is C14H20N4O2S2. The molecular weight excluding hydrogens is 320 g/mol. The fourth-order valence-corrected chi connectivity index (χ4v) is 6.07. The van der Waals surface area contributed by atoms with Crippen molar-refractivity contribution in [2.45, 2.75) is 38.1 Å². The van der Waals surface area contributed by atoms with E-state index in [9.17, 15) is 8.42 Å². The van der Waals surface area contributed by atoms with Gasteiger partial charge in [-0.1, -0.05) is 0 Å². The minimum Gasteiger partial charge on any atom is -0.253 e. The van der Waals surface area contributed by atoms with Crippen LogP contribution in [0.2, 0.25) is 0 Å². The normalized spacial score (nSPS) is 20.4. The Labute approximate surface area is 134 Å². The van der Waals surface area contributed by atoms with Crippen molar-refractivity contribution < 1.29 is 8.42 Å². The number of piperidine rings is 1. The van der Waals surface area contributed by atoms with Crippen LogP contribution >= 0.6 is 11.3 Å². The first-order valence-electron chi connectivity index (χ1n) is 7.36. The summed E-state index contributed by atoms with van der Waals surface area (Å²) in [7, 11) is -3.39. The number of hydrogen-bond acceptors (Lipinski definition) is 5. The van der Waals surface area contributed by atoms with E-state index in [4.69, 9.17) is 0 Å². The van der Waals surface area contributed by atoms with Gasteiger partial charge in [0.15, 0.2) is 0 Å². The summed E-state index contributed by atoms with van der Waals surface area (Å²) in [6.07, 6.45) is 5.10. The van der Waals surface area contributed by atoms with Crippen molar-refractivity contribution in [2.24, 2.45) is 5.92 Å². The Morgan fingerprint density at radius 1 is 1.41 bits per heavy atom. The van der Waals surface area contributed by atoms with Gasteiger partial charge < -0.3 is 0 Å². The summed E-state index contributed by atoms with van der Waals surface area (Å²) < 4.78 is 29.1. The highest BCUT2D eigenvalue weighted by atomic mass is 32.2. The van der Waals surface area contributed by atoms with E-state index in [1.165, 1.54) is 17.7 Å². The van der Waals surface area contributed by atoms with E-state index in [-0.39, 0.29) is 5.92 Å². The Kier molecular flexibility index (Phi) is 4.33. The Morgan fingerprint density at radius 3 is 2.86 bits per heavy atom. The summed E-state index contributed by atoms with van der Waals surface area (Å²) in [6, 6.07) is 1.79. The van der Waals surface area contributed by atoms with Crippen molar-refractivity contribution in [2.75, 3.05) is 13.1 Å². The van der Waals surface area contributed by atoms with Crippen molar-refractivity contribution >= 4 is 21.4 Å².